The minimum Gasteiger partial charge on any atom is -0.240 e. The van der Waals surface area contributed by atoms with Crippen molar-refractivity contribution < 1.29 is 13.2 Å². The minimum atomic E-state index is -4.35. The van der Waals surface area contributed by atoms with Gasteiger partial charge in [-0.3, -0.25) is 0 Å². The molecule has 0 bridgehead atoms. The maximum atomic E-state index is 12.4. The second-order valence-electron chi connectivity index (χ2n) is 3.47. The van der Waals surface area contributed by atoms with E-state index in [9.17, 15) is 13.2 Å². The van der Waals surface area contributed by atoms with Gasteiger partial charge in [-0.05, 0) is 17.7 Å². The molecule has 0 saturated carbocycles. The Balaban J connectivity index is 2.30. The third-order valence-electron chi connectivity index (χ3n) is 2.27. The fraction of sp³-hybridized carbons (Fsp3) is 0.182. The van der Waals surface area contributed by atoms with Crippen molar-refractivity contribution in [3.63, 3.8) is 0 Å². The van der Waals surface area contributed by atoms with Crippen molar-refractivity contribution in [1.29, 1.82) is 0 Å². The lowest BCUT2D eigenvalue weighted by Gasteiger charge is -2.03. The van der Waals surface area contributed by atoms with Crippen LogP contribution in [0.25, 0.3) is 5.69 Å². The Hall–Kier alpha value is -1.30. The summed E-state index contributed by atoms with van der Waals surface area (Å²) in [7, 11) is 0. The fourth-order valence-corrected chi connectivity index (χ4v) is 1.72. The number of hydrogen-bond donors (Lipinski definition) is 0. The van der Waals surface area contributed by atoms with Crippen LogP contribution < -0.4 is 0 Å². The van der Waals surface area contributed by atoms with Crippen LogP contribution in [0.2, 0.25) is 0 Å². The van der Waals surface area contributed by atoms with Gasteiger partial charge in [-0.2, -0.15) is 18.3 Å². The standard InChI is InChI=1S/C11H8BrF3N2/c12-5-8-1-3-10(4-2-8)17-7-9(6-16-17)11(13,14)15/h1-4,6-7H,5H2. The van der Waals surface area contributed by atoms with Crippen molar-refractivity contribution in [2.45, 2.75) is 11.5 Å². The first kappa shape index (κ1) is 12.2. The van der Waals surface area contributed by atoms with Crippen LogP contribution in [0.15, 0.2) is 36.7 Å². The molecule has 0 saturated heterocycles. The minimum absolute atomic E-state index is 0.602. The van der Waals surface area contributed by atoms with E-state index in [1.54, 1.807) is 12.1 Å². The molecule has 90 valence electrons. The first-order chi connectivity index (χ1) is 8.00. The molecule has 0 amide bonds. The molecule has 6 heteroatoms. The van der Waals surface area contributed by atoms with Gasteiger partial charge in [0.15, 0.2) is 0 Å². The first-order valence-corrected chi connectivity index (χ1v) is 5.90. The van der Waals surface area contributed by atoms with Gasteiger partial charge >= 0.3 is 6.18 Å². The normalized spacial score (nSPS) is 11.8. The van der Waals surface area contributed by atoms with Crippen LogP contribution in [0.3, 0.4) is 0 Å². The fourth-order valence-electron chi connectivity index (χ4n) is 1.35. The third kappa shape index (κ3) is 2.69. The summed E-state index contributed by atoms with van der Waals surface area (Å²) >= 11 is 3.30. The molecule has 0 aliphatic carbocycles. The van der Waals surface area contributed by atoms with Crippen LogP contribution in [-0.2, 0) is 11.5 Å². The van der Waals surface area contributed by atoms with E-state index >= 15 is 0 Å². The summed E-state index contributed by atoms with van der Waals surface area (Å²) in [6.45, 7) is 0. The van der Waals surface area contributed by atoms with Crippen molar-refractivity contribution in [2.24, 2.45) is 0 Å². The molecule has 0 N–H and O–H groups in total. The highest BCUT2D eigenvalue weighted by Crippen LogP contribution is 2.29. The van der Waals surface area contributed by atoms with Gasteiger partial charge in [-0.15, -0.1) is 0 Å². The quantitative estimate of drug-likeness (QED) is 0.772. The monoisotopic (exact) mass is 304 g/mol. The first-order valence-electron chi connectivity index (χ1n) is 4.78. The molecule has 1 aromatic carbocycles. The van der Waals surface area contributed by atoms with Crippen LogP contribution in [0.4, 0.5) is 13.2 Å². The Morgan fingerprint density at radius 3 is 2.29 bits per heavy atom. The third-order valence-corrected chi connectivity index (χ3v) is 2.91. The van der Waals surface area contributed by atoms with Gasteiger partial charge in [-0.1, -0.05) is 28.1 Å². The van der Waals surface area contributed by atoms with Gasteiger partial charge in [0, 0.05) is 11.5 Å². The van der Waals surface area contributed by atoms with Crippen LogP contribution in [0, 0.1) is 0 Å². The molecule has 0 unspecified atom stereocenters. The zero-order valence-electron chi connectivity index (χ0n) is 8.58. The van der Waals surface area contributed by atoms with E-state index in [4.69, 9.17) is 0 Å². The molecule has 0 atom stereocenters. The molecule has 0 radical (unpaired) electrons. The predicted octanol–water partition coefficient (Wildman–Crippen LogP) is 3.79. The smallest absolute Gasteiger partial charge is 0.240 e. The highest BCUT2D eigenvalue weighted by Gasteiger charge is 2.32. The van der Waals surface area contributed by atoms with E-state index in [2.05, 4.69) is 21.0 Å². The lowest BCUT2D eigenvalue weighted by atomic mass is 10.2. The summed E-state index contributed by atoms with van der Waals surface area (Å²) in [6, 6.07) is 7.12. The predicted molar refractivity (Wildman–Crippen MR) is 61.2 cm³/mol. The van der Waals surface area contributed by atoms with Gasteiger partial charge in [0.25, 0.3) is 0 Å². The number of halogens is 4. The molecular weight excluding hydrogens is 297 g/mol. The highest BCUT2D eigenvalue weighted by molar-refractivity contribution is 9.08. The van der Waals surface area contributed by atoms with E-state index in [0.717, 1.165) is 18.0 Å². The van der Waals surface area contributed by atoms with Crippen molar-refractivity contribution in [1.82, 2.24) is 9.78 Å². The lowest BCUT2D eigenvalue weighted by molar-refractivity contribution is -0.137. The topological polar surface area (TPSA) is 17.8 Å². The highest BCUT2D eigenvalue weighted by atomic mass is 79.9. The van der Waals surface area contributed by atoms with Crippen LogP contribution >= 0.6 is 15.9 Å². The van der Waals surface area contributed by atoms with Crippen LogP contribution in [0.5, 0.6) is 0 Å². The summed E-state index contributed by atoms with van der Waals surface area (Å²) in [4.78, 5) is 0. The van der Waals surface area contributed by atoms with Gasteiger partial charge in [-0.25, -0.2) is 4.68 Å². The molecule has 2 rings (SSSR count). The average Bonchev–Trinajstić information content (AvgIpc) is 2.78. The van der Waals surface area contributed by atoms with Crippen LogP contribution in [-0.4, -0.2) is 9.78 Å². The summed E-state index contributed by atoms with van der Waals surface area (Å²) in [5, 5.41) is 4.40. The average molecular weight is 305 g/mol. The summed E-state index contributed by atoms with van der Waals surface area (Å²) < 4.78 is 38.3. The molecule has 0 aliphatic heterocycles. The Labute approximate surface area is 104 Å². The van der Waals surface area contributed by atoms with Gasteiger partial charge in [0.05, 0.1) is 17.4 Å². The number of hydrogen-bond acceptors (Lipinski definition) is 1. The Morgan fingerprint density at radius 2 is 1.82 bits per heavy atom. The van der Waals surface area contributed by atoms with Crippen molar-refractivity contribution in [2.75, 3.05) is 0 Å². The number of alkyl halides is 4. The second kappa shape index (κ2) is 4.52. The molecule has 17 heavy (non-hydrogen) atoms. The van der Waals surface area contributed by atoms with Crippen LogP contribution in [0.1, 0.15) is 11.1 Å². The van der Waals surface area contributed by atoms with Gasteiger partial charge in [0.2, 0.25) is 0 Å². The van der Waals surface area contributed by atoms with E-state index in [0.29, 0.717) is 11.0 Å². The molecular formula is C11H8BrF3N2. The van der Waals surface area contributed by atoms with Crippen molar-refractivity contribution >= 4 is 15.9 Å². The molecule has 2 aromatic rings. The second-order valence-corrected chi connectivity index (χ2v) is 4.03. The summed E-state index contributed by atoms with van der Waals surface area (Å²) in [6.07, 6.45) is -2.56. The summed E-state index contributed by atoms with van der Waals surface area (Å²) in [5.74, 6) is 0. The Bertz CT molecular complexity index is 502. The number of benzene rings is 1. The molecule has 0 fully saturated rings. The van der Waals surface area contributed by atoms with Crippen molar-refractivity contribution in [3.8, 4) is 5.69 Å². The maximum absolute atomic E-state index is 12.4. The Morgan fingerprint density at radius 1 is 1.18 bits per heavy atom. The molecule has 1 heterocycles. The molecule has 1 aromatic heterocycles. The number of nitrogens with zero attached hydrogens (tertiary/aromatic N) is 2. The largest absolute Gasteiger partial charge is 0.419 e. The van der Waals surface area contributed by atoms with E-state index in [1.807, 2.05) is 12.1 Å². The van der Waals surface area contributed by atoms with E-state index in [1.165, 1.54) is 4.68 Å². The van der Waals surface area contributed by atoms with Gasteiger partial charge < -0.3 is 0 Å². The van der Waals surface area contributed by atoms with Crippen molar-refractivity contribution in [3.05, 3.63) is 47.8 Å². The SMILES string of the molecule is FC(F)(F)c1cnn(-c2ccc(CBr)cc2)c1. The zero-order valence-corrected chi connectivity index (χ0v) is 10.2. The van der Waals surface area contributed by atoms with Gasteiger partial charge in [0.1, 0.15) is 0 Å². The van der Waals surface area contributed by atoms with E-state index < -0.39 is 11.7 Å². The van der Waals surface area contributed by atoms with E-state index in [-0.39, 0.29) is 0 Å². The number of aromatic nitrogens is 2. The zero-order chi connectivity index (χ0) is 12.5. The molecule has 0 spiro atoms. The molecule has 2 nitrogen and oxygen atoms in total. The molecule has 0 aliphatic rings. The lowest BCUT2D eigenvalue weighted by Crippen LogP contribution is -2.02. The maximum Gasteiger partial charge on any atom is 0.419 e. The number of rotatable bonds is 2. The Kier molecular flexibility index (Phi) is 3.24. The summed E-state index contributed by atoms with van der Waals surface area (Å²) in [5.41, 5.74) is 0.907.